The molecule has 0 bridgehead atoms. The second-order valence-corrected chi connectivity index (χ2v) is 23.8. The van der Waals surface area contributed by atoms with Crippen LogP contribution in [0.2, 0.25) is 0 Å². The monoisotopic (exact) mass is 983 g/mol. The minimum Gasteiger partial charge on any atom is -0.309 e. The Labute approximate surface area is 442 Å². The van der Waals surface area contributed by atoms with Crippen LogP contribution in [0.25, 0.3) is 105 Å². The van der Waals surface area contributed by atoms with Gasteiger partial charge in [-0.1, -0.05) is 218 Å². The molecule has 0 spiro atoms. The van der Waals surface area contributed by atoms with Gasteiger partial charge in [-0.15, -0.1) is 0 Å². The highest BCUT2D eigenvalue weighted by Crippen LogP contribution is 2.42. The first-order valence-corrected chi connectivity index (χ1v) is 28.3. The number of nitrogens with zero attached hydrogens (tertiary/aromatic N) is 3. The number of para-hydroxylation sites is 3. The molecule has 0 radical (unpaired) electrons. The molecule has 3 nitrogen and oxygen atoms in total. The Kier molecular flexibility index (Phi) is 10.2. The van der Waals surface area contributed by atoms with E-state index in [0.717, 1.165) is 22.6 Å². The maximum absolute atomic E-state index is 2.89. The third-order valence-corrected chi connectivity index (χ3v) is 20.7. The van der Waals surface area contributed by atoms with E-state index in [1.54, 1.807) is 0 Å². The van der Waals surface area contributed by atoms with Crippen LogP contribution in [0.5, 0.6) is 0 Å². The van der Waals surface area contributed by atoms with Crippen molar-refractivity contribution in [3.05, 3.63) is 297 Å². The molecule has 356 valence electrons. The highest BCUT2D eigenvalue weighted by atomic mass is 28.3. The molecule has 15 aromatic rings. The van der Waals surface area contributed by atoms with Crippen LogP contribution in [0, 0.1) is 0 Å². The molecule has 76 heavy (non-hydrogen) atoms. The number of hydrogen-bond donors (Lipinski definition) is 0. The lowest BCUT2D eigenvalue weighted by molar-refractivity contribution is 1.16. The van der Waals surface area contributed by atoms with Crippen molar-refractivity contribution in [2.75, 3.05) is 0 Å². The highest BCUT2D eigenvalue weighted by Gasteiger charge is 2.41. The van der Waals surface area contributed by atoms with E-state index < -0.39 is 8.07 Å². The van der Waals surface area contributed by atoms with Crippen LogP contribution in [-0.2, 0) is 0 Å². The molecule has 0 fully saturated rings. The zero-order valence-electron chi connectivity index (χ0n) is 41.6. The normalized spacial score (nSPS) is 11.9. The van der Waals surface area contributed by atoms with Gasteiger partial charge in [-0.05, 0) is 122 Å². The smallest absolute Gasteiger partial charge is 0.179 e. The Balaban J connectivity index is 1.01. The lowest BCUT2D eigenvalue weighted by Crippen LogP contribution is -2.74. The Morgan fingerprint density at radius 3 is 1.24 bits per heavy atom. The Bertz CT molecular complexity index is 4570. The summed E-state index contributed by atoms with van der Waals surface area (Å²) in [4.78, 5) is 0. The summed E-state index contributed by atoms with van der Waals surface area (Å²) in [7, 11) is -2.89. The van der Waals surface area contributed by atoms with Gasteiger partial charge in [-0.3, -0.25) is 0 Å². The Morgan fingerprint density at radius 1 is 0.211 bits per heavy atom. The van der Waals surface area contributed by atoms with Gasteiger partial charge in [-0.2, -0.15) is 0 Å². The summed E-state index contributed by atoms with van der Waals surface area (Å²) in [5.74, 6) is 0. The van der Waals surface area contributed by atoms with Gasteiger partial charge in [-0.25, -0.2) is 0 Å². The largest absolute Gasteiger partial charge is 0.309 e. The van der Waals surface area contributed by atoms with E-state index in [1.807, 2.05) is 0 Å². The first kappa shape index (κ1) is 43.8. The van der Waals surface area contributed by atoms with Gasteiger partial charge < -0.3 is 13.7 Å². The van der Waals surface area contributed by atoms with Crippen LogP contribution < -0.4 is 20.7 Å². The Hall–Kier alpha value is -9.74. The van der Waals surface area contributed by atoms with Crippen molar-refractivity contribution in [3.8, 4) is 39.3 Å². The van der Waals surface area contributed by atoms with E-state index >= 15 is 0 Å². The molecule has 4 heteroatoms. The van der Waals surface area contributed by atoms with Gasteiger partial charge in [0.05, 0.1) is 33.1 Å². The van der Waals surface area contributed by atoms with E-state index in [0.29, 0.717) is 0 Å². The molecule has 12 aromatic carbocycles. The molecule has 3 aromatic heterocycles. The summed E-state index contributed by atoms with van der Waals surface area (Å²) in [5.41, 5.74) is 15.3. The minimum atomic E-state index is -2.89. The average molecular weight is 984 g/mol. The van der Waals surface area contributed by atoms with Crippen molar-refractivity contribution in [3.63, 3.8) is 0 Å². The van der Waals surface area contributed by atoms with Crippen LogP contribution in [0.15, 0.2) is 297 Å². The molecular formula is C72H49N3Si. The maximum atomic E-state index is 2.56. The van der Waals surface area contributed by atoms with Crippen molar-refractivity contribution in [1.82, 2.24) is 13.7 Å². The minimum absolute atomic E-state index is 1.12. The van der Waals surface area contributed by atoms with Crippen LogP contribution in [-0.4, -0.2) is 21.8 Å². The molecule has 0 atom stereocenters. The van der Waals surface area contributed by atoms with Gasteiger partial charge in [0, 0.05) is 49.4 Å². The highest BCUT2D eigenvalue weighted by molar-refractivity contribution is 7.20. The summed E-state index contributed by atoms with van der Waals surface area (Å²) in [6.07, 6.45) is 0. The summed E-state index contributed by atoms with van der Waals surface area (Å²) in [6.45, 7) is 0. The molecule has 0 saturated carbocycles. The molecular weight excluding hydrogens is 935 g/mol. The molecule has 0 saturated heterocycles. The zero-order valence-corrected chi connectivity index (χ0v) is 42.6. The first-order chi connectivity index (χ1) is 37.7. The van der Waals surface area contributed by atoms with Crippen LogP contribution in [0.1, 0.15) is 0 Å². The fraction of sp³-hybridized carbons (Fsp3) is 0. The standard InChI is InChI=1S/C72H49N3Si/c1-6-22-50(23-7-1)51-24-20-25-52(46-51)60-36-21-39-71-72(60)62-35-17-19-38-67(62)75(71)55-41-44-69-64(48-55)65-49-59(76(56-28-10-3-11-29-56,57-30-12-4-13-31-57)58-32-14-5-15-33-58)42-45-70(65)74(69)54-40-43-68-63(47-54)61-34-16-18-37-66(61)73(68)53-26-8-2-9-27-53/h1-49H. The average Bonchev–Trinajstić information content (AvgIpc) is 4.21. The van der Waals surface area contributed by atoms with E-state index in [-0.39, 0.29) is 0 Å². The quantitative estimate of drug-likeness (QED) is 0.101. The van der Waals surface area contributed by atoms with Gasteiger partial charge >= 0.3 is 0 Å². The molecule has 3 heterocycles. The number of hydrogen-bond acceptors (Lipinski definition) is 0. The fourth-order valence-corrected chi connectivity index (χ4v) is 17.5. The van der Waals surface area contributed by atoms with Gasteiger partial charge in [0.15, 0.2) is 8.07 Å². The zero-order chi connectivity index (χ0) is 50.2. The van der Waals surface area contributed by atoms with Crippen molar-refractivity contribution >= 4 is 94.2 Å². The third-order valence-electron chi connectivity index (χ3n) is 16.0. The fourth-order valence-electron chi connectivity index (χ4n) is 12.7. The van der Waals surface area contributed by atoms with E-state index in [2.05, 4.69) is 311 Å². The Morgan fingerprint density at radius 2 is 0.618 bits per heavy atom. The molecule has 0 amide bonds. The predicted molar refractivity (Wildman–Crippen MR) is 324 cm³/mol. The van der Waals surface area contributed by atoms with Crippen molar-refractivity contribution in [2.24, 2.45) is 0 Å². The van der Waals surface area contributed by atoms with E-state index in [1.165, 1.54) is 103 Å². The number of benzene rings is 12. The third kappa shape index (κ3) is 6.74. The topological polar surface area (TPSA) is 14.8 Å². The second kappa shape index (κ2) is 17.7. The first-order valence-electron chi connectivity index (χ1n) is 26.3. The second-order valence-electron chi connectivity index (χ2n) is 20.0. The van der Waals surface area contributed by atoms with E-state index in [9.17, 15) is 0 Å². The maximum Gasteiger partial charge on any atom is 0.179 e. The molecule has 0 aliphatic rings. The predicted octanol–water partition coefficient (Wildman–Crippen LogP) is 15.7. The molecule has 0 N–H and O–H groups in total. The van der Waals surface area contributed by atoms with Crippen LogP contribution in [0.3, 0.4) is 0 Å². The summed E-state index contributed by atoms with van der Waals surface area (Å²) < 4.78 is 7.40. The summed E-state index contributed by atoms with van der Waals surface area (Å²) >= 11 is 0. The van der Waals surface area contributed by atoms with Gasteiger partial charge in [0.1, 0.15) is 0 Å². The number of fused-ring (bicyclic) bond motifs is 9. The molecule has 0 aliphatic carbocycles. The van der Waals surface area contributed by atoms with Crippen LogP contribution >= 0.6 is 0 Å². The lowest BCUT2D eigenvalue weighted by Gasteiger charge is -2.34. The number of aromatic nitrogens is 3. The van der Waals surface area contributed by atoms with Gasteiger partial charge in [0.25, 0.3) is 0 Å². The van der Waals surface area contributed by atoms with Crippen molar-refractivity contribution in [1.29, 1.82) is 0 Å². The molecule has 15 rings (SSSR count). The summed E-state index contributed by atoms with van der Waals surface area (Å²) in [6, 6.07) is 110. The summed E-state index contributed by atoms with van der Waals surface area (Å²) in [5, 5.41) is 12.8. The van der Waals surface area contributed by atoms with Crippen LogP contribution in [0.4, 0.5) is 0 Å². The molecule has 0 unspecified atom stereocenters. The van der Waals surface area contributed by atoms with E-state index in [4.69, 9.17) is 0 Å². The lowest BCUT2D eigenvalue weighted by atomic mass is 9.96. The number of rotatable bonds is 9. The van der Waals surface area contributed by atoms with Crippen molar-refractivity contribution < 1.29 is 0 Å². The van der Waals surface area contributed by atoms with Gasteiger partial charge in [0.2, 0.25) is 0 Å². The SMILES string of the molecule is c1ccc(-c2cccc(-c3cccc4c3c3ccccc3n4-c3ccc4c(c3)c3cc([Si](c5ccccc5)(c5ccccc5)c5ccccc5)ccc3n4-c3ccc4c(c3)c3ccccc3n4-c3ccccc3)c2)cc1. The molecule has 0 aliphatic heterocycles. The van der Waals surface area contributed by atoms with Crippen molar-refractivity contribution in [2.45, 2.75) is 0 Å².